The Balaban J connectivity index is 2.26. The van der Waals surface area contributed by atoms with Crippen LogP contribution >= 0.6 is 11.6 Å². The van der Waals surface area contributed by atoms with Crippen LogP contribution in [0.2, 0.25) is 5.15 Å². The number of halogens is 1. The lowest BCUT2D eigenvalue weighted by molar-refractivity contribution is 0.177. The predicted molar refractivity (Wildman–Crippen MR) is 66.8 cm³/mol. The van der Waals surface area contributed by atoms with E-state index in [4.69, 9.17) is 21.1 Å². The number of methoxy groups -OCH3 is 1. The van der Waals surface area contributed by atoms with Crippen molar-refractivity contribution in [3.05, 3.63) is 41.1 Å². The van der Waals surface area contributed by atoms with Gasteiger partial charge in [0.2, 0.25) is 5.88 Å². The van der Waals surface area contributed by atoms with Gasteiger partial charge in [-0.05, 0) is 19.1 Å². The Morgan fingerprint density at radius 3 is 2.89 bits per heavy atom. The van der Waals surface area contributed by atoms with Gasteiger partial charge in [0.1, 0.15) is 11.8 Å². The van der Waals surface area contributed by atoms with Gasteiger partial charge in [-0.1, -0.05) is 11.6 Å². The molecule has 0 unspecified atom stereocenters. The number of aryl methyl sites for hydroxylation is 1. The maximum Gasteiger partial charge on any atom is 0.224 e. The van der Waals surface area contributed by atoms with Crippen molar-refractivity contribution < 1.29 is 9.47 Å². The summed E-state index contributed by atoms with van der Waals surface area (Å²) in [6.45, 7) is 2.14. The number of pyridine rings is 1. The van der Waals surface area contributed by atoms with Crippen LogP contribution in [-0.4, -0.2) is 22.1 Å². The lowest BCUT2D eigenvalue weighted by Crippen LogP contribution is -2.00. The quantitative estimate of drug-likeness (QED) is 0.796. The van der Waals surface area contributed by atoms with E-state index >= 15 is 0 Å². The Morgan fingerprint density at radius 1 is 1.33 bits per heavy atom. The number of rotatable bonds is 4. The standard InChI is InChI=1S/C12H12ClN3O2/c1-8-9(4-3-5-14-8)18-12-6-10(13)15-11(16-12)7-17-2/h3-6H,7H2,1-2H3. The first-order valence-corrected chi connectivity index (χ1v) is 5.68. The summed E-state index contributed by atoms with van der Waals surface area (Å²) in [6, 6.07) is 5.16. The number of aromatic nitrogens is 3. The molecule has 2 heterocycles. The highest BCUT2D eigenvalue weighted by atomic mass is 35.5. The number of nitrogens with zero attached hydrogens (tertiary/aromatic N) is 3. The molecule has 0 aliphatic carbocycles. The van der Waals surface area contributed by atoms with Crippen LogP contribution in [0.15, 0.2) is 24.4 Å². The van der Waals surface area contributed by atoms with Crippen molar-refractivity contribution in [3.8, 4) is 11.6 Å². The Bertz CT molecular complexity index is 549. The lowest BCUT2D eigenvalue weighted by Gasteiger charge is -2.08. The van der Waals surface area contributed by atoms with Crippen molar-refractivity contribution in [2.24, 2.45) is 0 Å². The van der Waals surface area contributed by atoms with Crippen LogP contribution in [0.3, 0.4) is 0 Å². The zero-order valence-electron chi connectivity index (χ0n) is 10.1. The summed E-state index contributed by atoms with van der Waals surface area (Å²) in [5, 5.41) is 0.314. The molecule has 18 heavy (non-hydrogen) atoms. The maximum absolute atomic E-state index is 5.89. The molecule has 0 saturated carbocycles. The van der Waals surface area contributed by atoms with Gasteiger partial charge in [0.25, 0.3) is 0 Å². The average molecular weight is 266 g/mol. The van der Waals surface area contributed by atoms with Crippen molar-refractivity contribution in [3.63, 3.8) is 0 Å². The van der Waals surface area contributed by atoms with Crippen LogP contribution < -0.4 is 4.74 Å². The van der Waals surface area contributed by atoms with Crippen LogP contribution in [-0.2, 0) is 11.3 Å². The minimum absolute atomic E-state index is 0.281. The summed E-state index contributed by atoms with van der Waals surface area (Å²) in [6.07, 6.45) is 1.70. The molecule has 0 N–H and O–H groups in total. The summed E-state index contributed by atoms with van der Waals surface area (Å²) < 4.78 is 10.6. The van der Waals surface area contributed by atoms with Crippen LogP contribution in [0.25, 0.3) is 0 Å². The maximum atomic E-state index is 5.89. The third-order valence-electron chi connectivity index (χ3n) is 2.16. The van der Waals surface area contributed by atoms with Crippen LogP contribution in [0.4, 0.5) is 0 Å². The second-order valence-corrected chi connectivity index (χ2v) is 3.95. The first-order valence-electron chi connectivity index (χ1n) is 5.31. The Morgan fingerprint density at radius 2 is 2.17 bits per heavy atom. The summed E-state index contributed by atoms with van der Waals surface area (Å²) in [5.74, 6) is 1.48. The molecular formula is C12H12ClN3O2. The lowest BCUT2D eigenvalue weighted by atomic mass is 10.3. The first kappa shape index (κ1) is 12.7. The third kappa shape index (κ3) is 3.15. The molecule has 2 aromatic rings. The van der Waals surface area contributed by atoms with E-state index in [1.807, 2.05) is 13.0 Å². The summed E-state index contributed by atoms with van der Waals surface area (Å²) in [7, 11) is 1.57. The topological polar surface area (TPSA) is 57.1 Å². The minimum Gasteiger partial charge on any atom is -0.437 e. The normalized spacial score (nSPS) is 10.4. The van der Waals surface area contributed by atoms with Crippen molar-refractivity contribution in [2.75, 3.05) is 7.11 Å². The molecule has 0 fully saturated rings. The van der Waals surface area contributed by atoms with Crippen molar-refractivity contribution in [2.45, 2.75) is 13.5 Å². The summed E-state index contributed by atoms with van der Waals surface area (Å²) in [4.78, 5) is 12.3. The molecule has 2 rings (SSSR count). The monoisotopic (exact) mass is 265 g/mol. The van der Waals surface area contributed by atoms with Crippen molar-refractivity contribution in [1.82, 2.24) is 15.0 Å². The minimum atomic E-state index is 0.281. The van der Waals surface area contributed by atoms with Crippen LogP contribution in [0.5, 0.6) is 11.6 Å². The van der Waals surface area contributed by atoms with Gasteiger partial charge < -0.3 is 9.47 Å². The van der Waals surface area contributed by atoms with E-state index in [1.165, 1.54) is 0 Å². The fourth-order valence-corrected chi connectivity index (χ4v) is 1.57. The van der Waals surface area contributed by atoms with E-state index in [0.717, 1.165) is 5.69 Å². The van der Waals surface area contributed by atoms with Gasteiger partial charge in [0.05, 0.1) is 5.69 Å². The third-order valence-corrected chi connectivity index (χ3v) is 2.36. The highest BCUT2D eigenvalue weighted by Gasteiger charge is 2.07. The molecule has 0 aromatic carbocycles. The molecule has 0 bridgehead atoms. The molecule has 2 aromatic heterocycles. The number of hydrogen-bond donors (Lipinski definition) is 0. The summed E-state index contributed by atoms with van der Waals surface area (Å²) >= 11 is 5.89. The summed E-state index contributed by atoms with van der Waals surface area (Å²) in [5.41, 5.74) is 0.778. The fourth-order valence-electron chi connectivity index (χ4n) is 1.38. The second-order valence-electron chi connectivity index (χ2n) is 3.57. The average Bonchev–Trinajstić information content (AvgIpc) is 2.32. The molecule has 5 nitrogen and oxygen atoms in total. The van der Waals surface area contributed by atoms with E-state index < -0.39 is 0 Å². The van der Waals surface area contributed by atoms with E-state index in [1.54, 1.807) is 25.4 Å². The molecule has 0 aliphatic heterocycles. The predicted octanol–water partition coefficient (Wildman–Crippen LogP) is 2.77. The van der Waals surface area contributed by atoms with Gasteiger partial charge in [-0.3, -0.25) is 4.98 Å². The number of hydrogen-bond acceptors (Lipinski definition) is 5. The van der Waals surface area contributed by atoms with Gasteiger partial charge in [0, 0.05) is 19.4 Å². The van der Waals surface area contributed by atoms with Gasteiger partial charge in [-0.2, -0.15) is 4.98 Å². The SMILES string of the molecule is COCc1nc(Cl)cc(Oc2cccnc2C)n1. The van der Waals surface area contributed by atoms with Crippen LogP contribution in [0, 0.1) is 6.92 Å². The second kappa shape index (κ2) is 5.75. The molecule has 0 amide bonds. The van der Waals surface area contributed by atoms with E-state index in [2.05, 4.69) is 15.0 Å². The highest BCUT2D eigenvalue weighted by Crippen LogP contribution is 2.23. The van der Waals surface area contributed by atoms with Crippen molar-refractivity contribution in [1.29, 1.82) is 0 Å². The molecular weight excluding hydrogens is 254 g/mol. The van der Waals surface area contributed by atoms with E-state index in [9.17, 15) is 0 Å². The largest absolute Gasteiger partial charge is 0.437 e. The zero-order chi connectivity index (χ0) is 13.0. The molecule has 94 valence electrons. The van der Waals surface area contributed by atoms with Gasteiger partial charge >= 0.3 is 0 Å². The molecule has 0 aliphatic rings. The zero-order valence-corrected chi connectivity index (χ0v) is 10.8. The smallest absolute Gasteiger partial charge is 0.224 e. The van der Waals surface area contributed by atoms with Crippen LogP contribution in [0.1, 0.15) is 11.5 Å². The first-order chi connectivity index (χ1) is 8.69. The molecule has 0 atom stereocenters. The molecule has 6 heteroatoms. The van der Waals surface area contributed by atoms with Gasteiger partial charge in [-0.25, -0.2) is 4.98 Å². The van der Waals surface area contributed by atoms with Crippen molar-refractivity contribution >= 4 is 11.6 Å². The Hall–Kier alpha value is -1.72. The van der Waals surface area contributed by atoms with E-state index in [0.29, 0.717) is 22.6 Å². The fraction of sp³-hybridized carbons (Fsp3) is 0.250. The molecule has 0 spiro atoms. The molecule has 0 saturated heterocycles. The Labute approximate surface area is 110 Å². The van der Waals surface area contributed by atoms with Gasteiger partial charge in [0.15, 0.2) is 11.6 Å². The Kier molecular flexibility index (Phi) is 4.07. The number of ether oxygens (including phenoxy) is 2. The van der Waals surface area contributed by atoms with E-state index in [-0.39, 0.29) is 6.61 Å². The highest BCUT2D eigenvalue weighted by molar-refractivity contribution is 6.29. The molecule has 0 radical (unpaired) electrons. The van der Waals surface area contributed by atoms with Gasteiger partial charge in [-0.15, -0.1) is 0 Å².